The molecule has 8 nitrogen and oxygen atoms in total. The Morgan fingerprint density at radius 3 is 1.57 bits per heavy atom. The second kappa shape index (κ2) is 16.3. The summed E-state index contributed by atoms with van der Waals surface area (Å²) < 4.78 is 47.1. The van der Waals surface area contributed by atoms with Gasteiger partial charge in [0.05, 0.1) is 12.7 Å². The molecule has 0 aromatic carbocycles. The Labute approximate surface area is 281 Å². The van der Waals surface area contributed by atoms with Gasteiger partial charge in [0.2, 0.25) is 0 Å². The summed E-state index contributed by atoms with van der Waals surface area (Å²) in [6, 6.07) is 0. The molecule has 0 aliphatic carbocycles. The largest absolute Gasteiger partial charge is 0.455 e. The minimum atomic E-state index is -2.06. The molecule has 1 saturated heterocycles. The van der Waals surface area contributed by atoms with Crippen molar-refractivity contribution in [2.75, 3.05) is 6.61 Å². The normalized spacial score (nSPS) is 25.6. The lowest BCUT2D eigenvalue weighted by atomic mass is 10.0. The quantitative estimate of drug-likeness (QED) is 0.0481. The van der Waals surface area contributed by atoms with Crippen LogP contribution in [-0.2, 0) is 31.4 Å². The molecule has 0 bridgehead atoms. The van der Waals surface area contributed by atoms with Crippen LogP contribution in [0, 0.1) is 0 Å². The number of ether oxygens (including phenoxy) is 1. The Bertz CT molecular complexity index is 933. The van der Waals surface area contributed by atoms with Crippen molar-refractivity contribution in [2.24, 2.45) is 5.16 Å². The molecule has 1 rings (SSSR count). The van der Waals surface area contributed by atoms with Crippen LogP contribution < -0.4 is 0 Å². The number of rotatable bonds is 17. The zero-order valence-corrected chi connectivity index (χ0v) is 38.2. The van der Waals surface area contributed by atoms with Crippen LogP contribution in [-0.4, -0.2) is 97.5 Å². The van der Waals surface area contributed by atoms with Crippen LogP contribution in [0.2, 0.25) is 118 Å². The van der Waals surface area contributed by atoms with Crippen LogP contribution in [0.5, 0.6) is 0 Å². The third-order valence-electron chi connectivity index (χ3n) is 5.56. The van der Waals surface area contributed by atoms with Crippen molar-refractivity contribution in [3.05, 3.63) is 12.7 Å². The van der Waals surface area contributed by atoms with Crippen molar-refractivity contribution < 1.29 is 31.4 Å². The summed E-state index contributed by atoms with van der Waals surface area (Å²) in [5.74, 6) is 0. The predicted octanol–water partition coefficient (Wildman–Crippen LogP) is 8.92. The Hall–Kier alpha value is 0.621. The molecule has 44 heavy (non-hydrogen) atoms. The molecule has 0 amide bonds. The summed E-state index contributed by atoms with van der Waals surface area (Å²) in [6.45, 7) is 44.1. The smallest absolute Gasteiger partial charge is 0.278 e. The SMILES string of the molecule is C=CC(CC(=NO[Si](C)(C)C)SC1OC(CO[Si](C)(C)C)C(O[Si](C)(C)C)C(O[Si](C)(C)C)C1O[Si](C)(C)C)O[Si](C)(C)C. The molecule has 260 valence electrons. The average molecular weight is 742 g/mol. The first-order valence-electron chi connectivity index (χ1n) is 16.0. The highest BCUT2D eigenvalue weighted by atomic mass is 32.2. The summed E-state index contributed by atoms with van der Waals surface area (Å²) in [4.78, 5) is 0. The van der Waals surface area contributed by atoms with Gasteiger partial charge in [-0.1, -0.05) is 23.0 Å². The fourth-order valence-electron chi connectivity index (χ4n) is 4.29. The van der Waals surface area contributed by atoms with Crippen molar-refractivity contribution in [3.8, 4) is 0 Å². The molecule has 1 fully saturated rings. The zero-order valence-electron chi connectivity index (χ0n) is 31.4. The van der Waals surface area contributed by atoms with Gasteiger partial charge in [0.25, 0.3) is 8.32 Å². The van der Waals surface area contributed by atoms with Crippen molar-refractivity contribution in [1.29, 1.82) is 0 Å². The summed E-state index contributed by atoms with van der Waals surface area (Å²) >= 11 is 1.57. The van der Waals surface area contributed by atoms with Crippen molar-refractivity contribution in [2.45, 2.75) is 160 Å². The third kappa shape index (κ3) is 18.8. The zero-order chi connectivity index (χ0) is 34.5. The number of oxime groups is 1. The van der Waals surface area contributed by atoms with Crippen molar-refractivity contribution in [3.63, 3.8) is 0 Å². The molecule has 0 N–H and O–H groups in total. The lowest BCUT2D eigenvalue weighted by molar-refractivity contribution is -0.188. The summed E-state index contributed by atoms with van der Waals surface area (Å²) in [5.41, 5.74) is -0.402. The summed E-state index contributed by atoms with van der Waals surface area (Å²) in [5, 5.41) is 5.56. The van der Waals surface area contributed by atoms with E-state index in [1.54, 1.807) is 11.8 Å². The van der Waals surface area contributed by atoms with Gasteiger partial charge in [0.15, 0.2) is 41.6 Å². The van der Waals surface area contributed by atoms with Crippen LogP contribution >= 0.6 is 11.8 Å². The van der Waals surface area contributed by atoms with E-state index in [1.165, 1.54) is 0 Å². The van der Waals surface area contributed by atoms with E-state index < -0.39 is 55.3 Å². The molecule has 0 spiro atoms. The maximum absolute atomic E-state index is 7.05. The van der Waals surface area contributed by atoms with Gasteiger partial charge in [-0.15, -0.1) is 6.58 Å². The van der Waals surface area contributed by atoms with Crippen molar-refractivity contribution in [1.82, 2.24) is 0 Å². The highest BCUT2D eigenvalue weighted by molar-refractivity contribution is 8.14. The number of nitrogens with zero attached hydrogens (tertiary/aromatic N) is 1. The topological polar surface area (TPSA) is 77.0 Å². The molecule has 6 unspecified atom stereocenters. The molecular formula is C29H67NO7SSi6. The summed E-state index contributed by atoms with van der Waals surface area (Å²) in [7, 11) is -11.7. The van der Waals surface area contributed by atoms with E-state index in [4.69, 9.17) is 36.5 Å². The van der Waals surface area contributed by atoms with Crippen LogP contribution in [0.4, 0.5) is 0 Å². The standard InChI is InChI=1S/C29H67NO7SSi6/c1-20-23(33-40(5,6)7)21-25(30-37-44(17,18)19)38-29-28(36-43(14,15)16)27(35-42(11,12)13)26(34-41(8,9)10)24(32-29)22-31-39(2,3)4/h20,23-24,26-29H,1,21-22H2,2-19H3. The fraction of sp³-hybridized carbons (Fsp3) is 0.897. The van der Waals surface area contributed by atoms with Gasteiger partial charge in [-0.05, 0) is 118 Å². The van der Waals surface area contributed by atoms with Gasteiger partial charge in [-0.25, -0.2) is 0 Å². The van der Waals surface area contributed by atoms with E-state index in [9.17, 15) is 0 Å². The second-order valence-corrected chi connectivity index (χ2v) is 45.5. The molecule has 1 aliphatic rings. The van der Waals surface area contributed by atoms with E-state index >= 15 is 0 Å². The van der Waals surface area contributed by atoms with E-state index in [2.05, 4.69) is 124 Å². The van der Waals surface area contributed by atoms with E-state index in [-0.39, 0.29) is 30.5 Å². The monoisotopic (exact) mass is 741 g/mol. The van der Waals surface area contributed by atoms with E-state index in [0.717, 1.165) is 5.04 Å². The molecule has 0 saturated carbocycles. The number of hydrogen-bond acceptors (Lipinski definition) is 9. The Morgan fingerprint density at radius 2 is 1.16 bits per heavy atom. The lowest BCUT2D eigenvalue weighted by Gasteiger charge is -2.51. The van der Waals surface area contributed by atoms with Gasteiger partial charge in [0, 0.05) is 6.42 Å². The minimum Gasteiger partial charge on any atom is -0.455 e. The molecular weight excluding hydrogens is 675 g/mol. The van der Waals surface area contributed by atoms with Gasteiger partial charge >= 0.3 is 0 Å². The predicted molar refractivity (Wildman–Crippen MR) is 205 cm³/mol. The Morgan fingerprint density at radius 1 is 0.682 bits per heavy atom. The molecule has 0 radical (unpaired) electrons. The van der Waals surface area contributed by atoms with Crippen LogP contribution in [0.15, 0.2) is 17.8 Å². The fourth-order valence-corrected chi connectivity index (χ4v) is 11.0. The van der Waals surface area contributed by atoms with Gasteiger partial charge in [-0.2, -0.15) is 0 Å². The molecule has 6 atom stereocenters. The highest BCUT2D eigenvalue weighted by Crippen LogP contribution is 2.39. The van der Waals surface area contributed by atoms with Gasteiger partial charge < -0.3 is 31.4 Å². The Kier molecular flexibility index (Phi) is 15.8. The first-order chi connectivity index (χ1) is 19.5. The molecule has 1 heterocycles. The minimum absolute atomic E-state index is 0.180. The van der Waals surface area contributed by atoms with Gasteiger partial charge in [-0.3, -0.25) is 0 Å². The first kappa shape index (κ1) is 42.6. The first-order valence-corrected chi connectivity index (χ1v) is 37.3. The summed E-state index contributed by atoms with van der Waals surface area (Å²) in [6.07, 6.45) is 0.946. The lowest BCUT2D eigenvalue weighted by Crippen LogP contribution is -2.65. The molecule has 0 aromatic rings. The van der Waals surface area contributed by atoms with Crippen LogP contribution in [0.3, 0.4) is 0 Å². The third-order valence-corrected chi connectivity index (χ3v) is 12.3. The number of thioether (sulfide) groups is 1. The van der Waals surface area contributed by atoms with Crippen LogP contribution in [0.1, 0.15) is 6.42 Å². The van der Waals surface area contributed by atoms with Crippen molar-refractivity contribution >= 4 is 66.7 Å². The molecule has 1 aliphatic heterocycles. The van der Waals surface area contributed by atoms with E-state index in [0.29, 0.717) is 13.0 Å². The Balaban J connectivity index is 3.76. The molecule has 15 heteroatoms. The van der Waals surface area contributed by atoms with E-state index in [1.807, 2.05) is 6.08 Å². The van der Waals surface area contributed by atoms with Gasteiger partial charge in [0.1, 0.15) is 34.9 Å². The molecule has 0 aromatic heterocycles. The maximum Gasteiger partial charge on any atom is 0.278 e. The van der Waals surface area contributed by atoms with Crippen LogP contribution in [0.25, 0.3) is 0 Å². The average Bonchev–Trinajstić information content (AvgIpc) is 2.75. The maximum atomic E-state index is 7.05. The highest BCUT2D eigenvalue weighted by Gasteiger charge is 2.52. The number of hydrogen-bond donors (Lipinski definition) is 0. The second-order valence-electron chi connectivity index (χ2n) is 17.6.